The molecule has 2 rings (SSSR count). The van der Waals surface area contributed by atoms with Crippen LogP contribution in [0.5, 0.6) is 0 Å². The van der Waals surface area contributed by atoms with Crippen LogP contribution in [0.25, 0.3) is 0 Å². The van der Waals surface area contributed by atoms with Gasteiger partial charge in [0.2, 0.25) is 0 Å². The van der Waals surface area contributed by atoms with E-state index in [1.54, 1.807) is 0 Å². The summed E-state index contributed by atoms with van der Waals surface area (Å²) in [5, 5.41) is 12.0. The van der Waals surface area contributed by atoms with E-state index in [0.29, 0.717) is 26.1 Å². The lowest BCUT2D eigenvalue weighted by Crippen LogP contribution is -2.38. The molecule has 1 aromatic carbocycles. The molecule has 0 aromatic heterocycles. The van der Waals surface area contributed by atoms with Crippen LogP contribution in [0.15, 0.2) is 24.3 Å². The van der Waals surface area contributed by atoms with E-state index in [0.717, 1.165) is 5.56 Å². The van der Waals surface area contributed by atoms with Gasteiger partial charge in [-0.15, -0.1) is 0 Å². The van der Waals surface area contributed by atoms with Crippen LogP contribution in [0.2, 0.25) is 19.6 Å². The van der Waals surface area contributed by atoms with Crippen molar-refractivity contribution >= 4 is 13.3 Å². The first-order chi connectivity index (χ1) is 7.92. The van der Waals surface area contributed by atoms with Gasteiger partial charge in [0.25, 0.3) is 0 Å². The minimum Gasteiger partial charge on any atom is -0.385 e. The van der Waals surface area contributed by atoms with Gasteiger partial charge in [-0.3, -0.25) is 0 Å². The Labute approximate surface area is 105 Å². The van der Waals surface area contributed by atoms with Crippen molar-refractivity contribution in [1.29, 1.82) is 0 Å². The highest BCUT2D eigenvalue weighted by atomic mass is 28.3. The molecule has 17 heavy (non-hydrogen) atoms. The van der Waals surface area contributed by atoms with Crippen LogP contribution in [0.4, 0.5) is 0 Å². The maximum atomic E-state index is 10.6. The van der Waals surface area contributed by atoms with Crippen LogP contribution in [-0.2, 0) is 10.3 Å². The molecule has 0 spiro atoms. The normalized spacial score (nSPS) is 20.2. The first kappa shape index (κ1) is 12.8. The van der Waals surface area contributed by atoms with Gasteiger partial charge < -0.3 is 9.84 Å². The zero-order valence-electron chi connectivity index (χ0n) is 11.0. The number of hydrogen-bond acceptors (Lipinski definition) is 2. The van der Waals surface area contributed by atoms with E-state index in [1.807, 2.05) is 0 Å². The van der Waals surface area contributed by atoms with Crippen LogP contribution in [-0.4, -0.2) is 26.4 Å². The first-order valence-electron chi connectivity index (χ1n) is 6.33. The quantitative estimate of drug-likeness (QED) is 0.816. The average molecular weight is 250 g/mol. The molecule has 1 N–H and O–H groups in total. The van der Waals surface area contributed by atoms with Crippen molar-refractivity contribution in [2.45, 2.75) is 38.1 Å². The summed E-state index contributed by atoms with van der Waals surface area (Å²) < 4.78 is 5.31. The van der Waals surface area contributed by atoms with Gasteiger partial charge in [0.05, 0.1) is 13.7 Å². The Morgan fingerprint density at radius 3 is 2.06 bits per heavy atom. The summed E-state index contributed by atoms with van der Waals surface area (Å²) in [6.45, 7) is 8.33. The second-order valence-electron chi connectivity index (χ2n) is 5.97. The predicted molar refractivity (Wildman–Crippen MR) is 73.4 cm³/mol. The third kappa shape index (κ3) is 2.79. The Morgan fingerprint density at radius 2 is 1.59 bits per heavy atom. The summed E-state index contributed by atoms with van der Waals surface area (Å²) in [5.41, 5.74) is 0.374. The number of rotatable bonds is 2. The molecule has 0 atom stereocenters. The molecular formula is C14H22O2Si. The van der Waals surface area contributed by atoms with E-state index in [-0.39, 0.29) is 0 Å². The SMILES string of the molecule is C[Si](C)(C)c1ccc(C2(O)CCOCC2)cc1. The second-order valence-corrected chi connectivity index (χ2v) is 11.0. The maximum Gasteiger partial charge on any atom is 0.0940 e. The Hall–Kier alpha value is -0.643. The van der Waals surface area contributed by atoms with E-state index in [2.05, 4.69) is 43.9 Å². The van der Waals surface area contributed by atoms with Gasteiger partial charge in [-0.25, -0.2) is 0 Å². The molecule has 1 aromatic rings. The first-order valence-corrected chi connectivity index (χ1v) is 9.83. The lowest BCUT2D eigenvalue weighted by atomic mass is 9.87. The Balaban J connectivity index is 2.23. The Bertz CT molecular complexity index is 372. The number of hydrogen-bond donors (Lipinski definition) is 1. The van der Waals surface area contributed by atoms with Crippen molar-refractivity contribution < 1.29 is 9.84 Å². The molecule has 0 unspecified atom stereocenters. The topological polar surface area (TPSA) is 29.5 Å². The second kappa shape index (κ2) is 4.56. The highest BCUT2D eigenvalue weighted by Gasteiger charge is 2.31. The monoisotopic (exact) mass is 250 g/mol. The molecule has 1 saturated heterocycles. The van der Waals surface area contributed by atoms with E-state index >= 15 is 0 Å². The van der Waals surface area contributed by atoms with Crippen LogP contribution < -0.4 is 5.19 Å². The third-order valence-corrected chi connectivity index (χ3v) is 5.67. The fourth-order valence-electron chi connectivity index (χ4n) is 2.28. The molecule has 3 heteroatoms. The van der Waals surface area contributed by atoms with Gasteiger partial charge in [0, 0.05) is 26.1 Å². The zero-order valence-corrected chi connectivity index (χ0v) is 12.0. The smallest absolute Gasteiger partial charge is 0.0940 e. The van der Waals surface area contributed by atoms with Crippen molar-refractivity contribution in [3.8, 4) is 0 Å². The van der Waals surface area contributed by atoms with Crippen molar-refractivity contribution in [3.63, 3.8) is 0 Å². The van der Waals surface area contributed by atoms with Gasteiger partial charge in [0.15, 0.2) is 0 Å². The van der Waals surface area contributed by atoms with Gasteiger partial charge >= 0.3 is 0 Å². The highest BCUT2D eigenvalue weighted by Crippen LogP contribution is 2.31. The van der Waals surface area contributed by atoms with Gasteiger partial charge in [-0.2, -0.15) is 0 Å². The molecule has 0 bridgehead atoms. The zero-order chi connectivity index (χ0) is 12.5. The van der Waals surface area contributed by atoms with Crippen LogP contribution >= 0.6 is 0 Å². The van der Waals surface area contributed by atoms with Gasteiger partial charge in [-0.1, -0.05) is 49.1 Å². The van der Waals surface area contributed by atoms with Crippen molar-refractivity contribution in [2.75, 3.05) is 13.2 Å². The molecule has 1 aliphatic rings. The van der Waals surface area contributed by atoms with E-state index in [4.69, 9.17) is 4.74 Å². The lowest BCUT2D eigenvalue weighted by Gasteiger charge is -2.33. The molecule has 1 heterocycles. The van der Waals surface area contributed by atoms with E-state index in [1.165, 1.54) is 5.19 Å². The molecule has 1 fully saturated rings. The molecule has 94 valence electrons. The molecular weight excluding hydrogens is 228 g/mol. The van der Waals surface area contributed by atoms with Gasteiger partial charge in [-0.05, 0) is 5.56 Å². The number of aliphatic hydroxyl groups is 1. The predicted octanol–water partition coefficient (Wildman–Crippen LogP) is 2.23. The minimum absolute atomic E-state index is 0.659. The highest BCUT2D eigenvalue weighted by molar-refractivity contribution is 6.88. The standard InChI is InChI=1S/C14H22O2Si/c1-17(2,3)13-6-4-12(5-7-13)14(15)8-10-16-11-9-14/h4-7,15H,8-11H2,1-3H3. The largest absolute Gasteiger partial charge is 0.385 e. The van der Waals surface area contributed by atoms with Crippen molar-refractivity contribution in [1.82, 2.24) is 0 Å². The van der Waals surface area contributed by atoms with Crippen LogP contribution in [0, 0.1) is 0 Å². The number of ether oxygens (including phenoxy) is 1. The Morgan fingerprint density at radius 1 is 1.06 bits per heavy atom. The van der Waals surface area contributed by atoms with E-state index < -0.39 is 13.7 Å². The summed E-state index contributed by atoms with van der Waals surface area (Å²) in [5.74, 6) is 0. The van der Waals surface area contributed by atoms with E-state index in [9.17, 15) is 5.11 Å². The molecule has 0 radical (unpaired) electrons. The average Bonchev–Trinajstić information content (AvgIpc) is 2.29. The lowest BCUT2D eigenvalue weighted by molar-refractivity contribution is -0.0679. The van der Waals surface area contributed by atoms with Gasteiger partial charge in [0.1, 0.15) is 0 Å². The van der Waals surface area contributed by atoms with Crippen molar-refractivity contribution in [2.24, 2.45) is 0 Å². The number of benzene rings is 1. The fourth-order valence-corrected chi connectivity index (χ4v) is 3.44. The third-order valence-electron chi connectivity index (χ3n) is 3.61. The van der Waals surface area contributed by atoms with Crippen LogP contribution in [0.1, 0.15) is 18.4 Å². The van der Waals surface area contributed by atoms with Crippen molar-refractivity contribution in [3.05, 3.63) is 29.8 Å². The minimum atomic E-state index is -1.24. The molecule has 0 amide bonds. The molecule has 0 aliphatic carbocycles. The fraction of sp³-hybridized carbons (Fsp3) is 0.571. The summed E-state index contributed by atoms with van der Waals surface area (Å²) in [7, 11) is -1.24. The molecule has 1 aliphatic heterocycles. The maximum absolute atomic E-state index is 10.6. The molecule has 0 saturated carbocycles. The summed E-state index contributed by atoms with van der Waals surface area (Å²) in [6, 6.07) is 8.57. The molecule has 2 nitrogen and oxygen atoms in total. The Kier molecular flexibility index (Phi) is 3.43. The summed E-state index contributed by atoms with van der Waals surface area (Å²) in [4.78, 5) is 0. The van der Waals surface area contributed by atoms with Crippen LogP contribution in [0.3, 0.4) is 0 Å². The summed E-state index contributed by atoms with van der Waals surface area (Å²) in [6.07, 6.45) is 1.42. The summed E-state index contributed by atoms with van der Waals surface area (Å²) >= 11 is 0.